The number of amides is 2. The molecule has 1 atom stereocenters. The molecule has 1 aromatic rings. The summed E-state index contributed by atoms with van der Waals surface area (Å²) in [6, 6.07) is 5.30. The van der Waals surface area contributed by atoms with E-state index in [4.69, 9.17) is 23.2 Å². The molecule has 1 aromatic carbocycles. The summed E-state index contributed by atoms with van der Waals surface area (Å²) in [5, 5.41) is 3.92. The number of hydrogen-bond donors (Lipinski definition) is 1. The van der Waals surface area contributed by atoms with Crippen LogP contribution in [0, 0.1) is 0 Å². The molecule has 3 nitrogen and oxygen atoms in total. The molecule has 0 aromatic heterocycles. The molecule has 1 aliphatic rings. The first kappa shape index (κ1) is 14.5. The van der Waals surface area contributed by atoms with Gasteiger partial charge in [0.25, 0.3) is 0 Å². The molecule has 104 valence electrons. The van der Waals surface area contributed by atoms with Gasteiger partial charge in [0, 0.05) is 17.6 Å². The van der Waals surface area contributed by atoms with Crippen molar-refractivity contribution in [1.82, 2.24) is 4.90 Å². The van der Waals surface area contributed by atoms with Gasteiger partial charge >= 0.3 is 6.03 Å². The van der Waals surface area contributed by atoms with Crippen LogP contribution in [0.4, 0.5) is 10.5 Å². The fourth-order valence-electron chi connectivity index (χ4n) is 2.47. The van der Waals surface area contributed by atoms with Crippen molar-refractivity contribution in [3.63, 3.8) is 0 Å². The van der Waals surface area contributed by atoms with Gasteiger partial charge in [-0.3, -0.25) is 0 Å². The van der Waals surface area contributed by atoms with Crippen LogP contribution in [0.2, 0.25) is 10.0 Å². The zero-order chi connectivity index (χ0) is 13.8. The first-order chi connectivity index (χ1) is 9.11. The summed E-state index contributed by atoms with van der Waals surface area (Å²) in [6.45, 7) is 2.92. The number of piperidine rings is 1. The Morgan fingerprint density at radius 1 is 1.42 bits per heavy atom. The number of nitrogens with one attached hydrogen (secondary N) is 1. The van der Waals surface area contributed by atoms with Crippen molar-refractivity contribution in [3.8, 4) is 0 Å². The summed E-state index contributed by atoms with van der Waals surface area (Å²) >= 11 is 12.0. The van der Waals surface area contributed by atoms with Crippen LogP contribution < -0.4 is 5.32 Å². The molecular formula is C14H18Cl2N2O. The van der Waals surface area contributed by atoms with E-state index in [2.05, 4.69) is 12.2 Å². The number of nitrogens with zero attached hydrogens (tertiary/aromatic N) is 1. The Hall–Kier alpha value is -0.930. The minimum Gasteiger partial charge on any atom is -0.322 e. The summed E-state index contributed by atoms with van der Waals surface area (Å²) < 4.78 is 0. The highest BCUT2D eigenvalue weighted by Crippen LogP contribution is 2.27. The Kier molecular flexibility index (Phi) is 4.94. The molecule has 0 spiro atoms. The predicted molar refractivity (Wildman–Crippen MR) is 80.1 cm³/mol. The fraction of sp³-hybridized carbons (Fsp3) is 0.500. The van der Waals surface area contributed by atoms with Crippen LogP contribution in [0.5, 0.6) is 0 Å². The van der Waals surface area contributed by atoms with E-state index in [-0.39, 0.29) is 6.03 Å². The maximum Gasteiger partial charge on any atom is 0.322 e. The van der Waals surface area contributed by atoms with Gasteiger partial charge in [-0.2, -0.15) is 0 Å². The van der Waals surface area contributed by atoms with E-state index in [0.717, 1.165) is 25.8 Å². The molecule has 0 saturated carbocycles. The van der Waals surface area contributed by atoms with Gasteiger partial charge in [-0.05, 0) is 43.9 Å². The van der Waals surface area contributed by atoms with Crippen LogP contribution in [-0.2, 0) is 0 Å². The van der Waals surface area contributed by atoms with Crippen LogP contribution in [0.25, 0.3) is 0 Å². The second-order valence-electron chi connectivity index (χ2n) is 4.81. The highest BCUT2D eigenvalue weighted by atomic mass is 35.5. The molecule has 0 radical (unpaired) electrons. The number of urea groups is 1. The molecule has 1 fully saturated rings. The normalized spacial score (nSPS) is 19.3. The van der Waals surface area contributed by atoms with E-state index in [1.165, 1.54) is 6.42 Å². The maximum absolute atomic E-state index is 12.3. The van der Waals surface area contributed by atoms with Gasteiger partial charge in [-0.15, -0.1) is 0 Å². The Morgan fingerprint density at radius 3 is 2.95 bits per heavy atom. The lowest BCUT2D eigenvalue weighted by atomic mass is 10.0. The van der Waals surface area contributed by atoms with Gasteiger partial charge < -0.3 is 10.2 Å². The molecule has 1 aliphatic heterocycles. The fourth-order valence-corrected chi connectivity index (χ4v) is 2.81. The highest BCUT2D eigenvalue weighted by molar-refractivity contribution is 6.35. The number of anilines is 1. The van der Waals surface area contributed by atoms with Crippen molar-refractivity contribution in [2.45, 2.75) is 38.6 Å². The second-order valence-corrected chi connectivity index (χ2v) is 5.65. The van der Waals surface area contributed by atoms with E-state index >= 15 is 0 Å². The Bertz CT molecular complexity index is 465. The molecule has 0 unspecified atom stereocenters. The number of carbonyl (C=O) groups is 1. The van der Waals surface area contributed by atoms with Crippen molar-refractivity contribution in [1.29, 1.82) is 0 Å². The van der Waals surface area contributed by atoms with Gasteiger partial charge in [0.1, 0.15) is 0 Å². The van der Waals surface area contributed by atoms with E-state index < -0.39 is 0 Å². The summed E-state index contributed by atoms with van der Waals surface area (Å²) in [6.07, 6.45) is 4.32. The zero-order valence-corrected chi connectivity index (χ0v) is 12.5. The number of halogens is 2. The van der Waals surface area contributed by atoms with Crippen molar-refractivity contribution in [3.05, 3.63) is 28.2 Å². The maximum atomic E-state index is 12.3. The average molecular weight is 301 g/mol. The molecule has 19 heavy (non-hydrogen) atoms. The Labute approximate surface area is 123 Å². The van der Waals surface area contributed by atoms with Crippen LogP contribution in [0.15, 0.2) is 18.2 Å². The third kappa shape index (κ3) is 3.54. The summed E-state index contributed by atoms with van der Waals surface area (Å²) in [5.74, 6) is 0. The van der Waals surface area contributed by atoms with E-state index in [0.29, 0.717) is 21.8 Å². The first-order valence-corrected chi connectivity index (χ1v) is 7.40. The minimum atomic E-state index is -0.0873. The van der Waals surface area contributed by atoms with Crippen LogP contribution >= 0.6 is 23.2 Å². The zero-order valence-electron chi connectivity index (χ0n) is 11.0. The summed E-state index contributed by atoms with van der Waals surface area (Å²) in [4.78, 5) is 14.2. The van der Waals surface area contributed by atoms with Crippen molar-refractivity contribution >= 4 is 34.9 Å². The van der Waals surface area contributed by atoms with Gasteiger partial charge in [0.05, 0.1) is 10.7 Å². The SMILES string of the molecule is CC[C@@H]1CCCCN1C(=O)Nc1cc(Cl)ccc1Cl. The van der Waals surface area contributed by atoms with Crippen molar-refractivity contribution < 1.29 is 4.79 Å². The Balaban J connectivity index is 2.09. The molecular weight excluding hydrogens is 283 g/mol. The molecule has 0 aliphatic carbocycles. The van der Waals surface area contributed by atoms with E-state index in [1.807, 2.05) is 4.90 Å². The quantitative estimate of drug-likeness (QED) is 0.837. The monoisotopic (exact) mass is 300 g/mol. The number of rotatable bonds is 2. The highest BCUT2D eigenvalue weighted by Gasteiger charge is 2.25. The largest absolute Gasteiger partial charge is 0.322 e. The van der Waals surface area contributed by atoms with E-state index in [9.17, 15) is 4.79 Å². The number of carbonyl (C=O) groups excluding carboxylic acids is 1. The number of hydrogen-bond acceptors (Lipinski definition) is 1. The van der Waals surface area contributed by atoms with Crippen molar-refractivity contribution in [2.75, 3.05) is 11.9 Å². The lowest BCUT2D eigenvalue weighted by Crippen LogP contribution is -2.45. The van der Waals surface area contributed by atoms with E-state index in [1.54, 1.807) is 18.2 Å². The van der Waals surface area contributed by atoms with Gasteiger partial charge in [-0.25, -0.2) is 4.79 Å². The van der Waals surface area contributed by atoms with Crippen LogP contribution in [-0.4, -0.2) is 23.5 Å². The summed E-state index contributed by atoms with van der Waals surface area (Å²) in [7, 11) is 0. The van der Waals surface area contributed by atoms with Crippen LogP contribution in [0.1, 0.15) is 32.6 Å². The first-order valence-electron chi connectivity index (χ1n) is 6.64. The molecule has 2 rings (SSSR count). The number of likely N-dealkylation sites (tertiary alicyclic amines) is 1. The third-order valence-corrected chi connectivity index (χ3v) is 4.09. The Morgan fingerprint density at radius 2 is 2.21 bits per heavy atom. The molecule has 1 N–H and O–H groups in total. The predicted octanol–water partition coefficient (Wildman–Crippen LogP) is 4.79. The van der Waals surface area contributed by atoms with Gasteiger partial charge in [0.15, 0.2) is 0 Å². The summed E-state index contributed by atoms with van der Waals surface area (Å²) in [5.41, 5.74) is 0.569. The van der Waals surface area contributed by atoms with Crippen molar-refractivity contribution in [2.24, 2.45) is 0 Å². The minimum absolute atomic E-state index is 0.0873. The molecule has 5 heteroatoms. The lowest BCUT2D eigenvalue weighted by Gasteiger charge is -2.35. The molecule has 1 heterocycles. The van der Waals surface area contributed by atoms with Crippen LogP contribution in [0.3, 0.4) is 0 Å². The standard InChI is InChI=1S/C14H18Cl2N2O/c1-2-11-5-3-4-8-18(11)14(19)17-13-9-10(15)6-7-12(13)16/h6-7,9,11H,2-5,8H2,1H3,(H,17,19)/t11-/m1/s1. The smallest absolute Gasteiger partial charge is 0.322 e. The molecule has 1 saturated heterocycles. The molecule has 0 bridgehead atoms. The third-order valence-electron chi connectivity index (χ3n) is 3.53. The number of benzene rings is 1. The second kappa shape index (κ2) is 6.49. The van der Waals surface area contributed by atoms with Gasteiger partial charge in [0.2, 0.25) is 0 Å². The molecule has 2 amide bonds. The lowest BCUT2D eigenvalue weighted by molar-refractivity contribution is 0.160. The topological polar surface area (TPSA) is 32.3 Å². The average Bonchev–Trinajstić information content (AvgIpc) is 2.42. The van der Waals surface area contributed by atoms with Gasteiger partial charge in [-0.1, -0.05) is 30.1 Å².